The third-order valence-corrected chi connectivity index (χ3v) is 4.37. The number of piperidine rings is 1. The van der Waals surface area contributed by atoms with E-state index >= 15 is 0 Å². The first-order chi connectivity index (χ1) is 11.1. The van der Waals surface area contributed by atoms with Crippen LogP contribution in [0.1, 0.15) is 35.9 Å². The number of likely N-dealkylation sites (tertiary alicyclic amines) is 1. The number of hydrogen-bond acceptors (Lipinski definition) is 3. The van der Waals surface area contributed by atoms with Crippen molar-refractivity contribution in [3.8, 4) is 11.4 Å². The second-order valence-electron chi connectivity index (χ2n) is 6.28. The lowest BCUT2D eigenvalue weighted by molar-refractivity contribution is 0.0676. The van der Waals surface area contributed by atoms with Gasteiger partial charge in [-0.05, 0) is 56.0 Å². The molecule has 1 saturated heterocycles. The first-order valence-electron chi connectivity index (χ1n) is 8.09. The van der Waals surface area contributed by atoms with Gasteiger partial charge in [0, 0.05) is 18.8 Å². The molecule has 0 radical (unpaired) electrons. The van der Waals surface area contributed by atoms with E-state index in [-0.39, 0.29) is 5.91 Å². The van der Waals surface area contributed by atoms with Gasteiger partial charge in [0.15, 0.2) is 5.69 Å². The molecule has 1 atom stereocenters. The first kappa shape index (κ1) is 15.6. The average molecular weight is 313 g/mol. The summed E-state index contributed by atoms with van der Waals surface area (Å²) in [7, 11) is 1.64. The van der Waals surface area contributed by atoms with Crippen LogP contribution in [0.25, 0.3) is 5.69 Å². The number of carbonyl (C=O) groups is 1. The smallest absolute Gasteiger partial charge is 0.274 e. The Morgan fingerprint density at radius 3 is 2.70 bits per heavy atom. The summed E-state index contributed by atoms with van der Waals surface area (Å²) >= 11 is 0. The van der Waals surface area contributed by atoms with Crippen LogP contribution in [-0.4, -0.2) is 40.8 Å². The van der Waals surface area contributed by atoms with Gasteiger partial charge in [0.25, 0.3) is 5.91 Å². The van der Waals surface area contributed by atoms with E-state index in [4.69, 9.17) is 4.74 Å². The van der Waals surface area contributed by atoms with Gasteiger partial charge in [-0.15, -0.1) is 0 Å². The molecule has 1 aromatic heterocycles. The van der Waals surface area contributed by atoms with Crippen LogP contribution in [0.4, 0.5) is 0 Å². The second kappa shape index (κ2) is 6.44. The van der Waals surface area contributed by atoms with Crippen molar-refractivity contribution < 1.29 is 9.53 Å². The average Bonchev–Trinajstić information content (AvgIpc) is 2.96. The maximum Gasteiger partial charge on any atom is 0.274 e. The van der Waals surface area contributed by atoms with Crippen LogP contribution in [0.2, 0.25) is 0 Å². The first-order valence-corrected chi connectivity index (χ1v) is 8.09. The molecule has 0 aliphatic carbocycles. The third kappa shape index (κ3) is 3.23. The number of ether oxygens (including phenoxy) is 1. The zero-order valence-corrected chi connectivity index (χ0v) is 14.0. The van der Waals surface area contributed by atoms with Crippen molar-refractivity contribution in [3.05, 3.63) is 41.7 Å². The van der Waals surface area contributed by atoms with E-state index in [2.05, 4.69) is 12.0 Å². The summed E-state index contributed by atoms with van der Waals surface area (Å²) in [5.74, 6) is 1.40. The number of aromatic nitrogens is 2. The predicted octanol–water partition coefficient (Wildman–Crippen LogP) is 3.06. The number of rotatable bonds is 3. The molecule has 1 fully saturated rings. The molecule has 3 rings (SSSR count). The standard InChI is InChI=1S/C18H23N3O2/c1-13-5-4-10-20(12-13)18(22)17-11-14(2)21(19-17)15-6-8-16(23-3)9-7-15/h6-9,11,13H,4-5,10,12H2,1-3H3. The van der Waals surface area contributed by atoms with E-state index < -0.39 is 0 Å². The van der Waals surface area contributed by atoms with Crippen molar-refractivity contribution >= 4 is 5.91 Å². The number of aryl methyl sites for hydroxylation is 1. The molecule has 1 aromatic carbocycles. The summed E-state index contributed by atoms with van der Waals surface area (Å²) in [6.07, 6.45) is 2.27. The normalized spacial score (nSPS) is 18.0. The van der Waals surface area contributed by atoms with Crippen molar-refractivity contribution in [2.75, 3.05) is 20.2 Å². The van der Waals surface area contributed by atoms with Crippen molar-refractivity contribution in [2.24, 2.45) is 5.92 Å². The van der Waals surface area contributed by atoms with Gasteiger partial charge in [0.1, 0.15) is 5.75 Å². The molecule has 2 aromatic rings. The van der Waals surface area contributed by atoms with Crippen LogP contribution in [-0.2, 0) is 0 Å². The molecule has 122 valence electrons. The highest BCUT2D eigenvalue weighted by molar-refractivity contribution is 5.92. The van der Waals surface area contributed by atoms with Crippen LogP contribution in [0.15, 0.2) is 30.3 Å². The summed E-state index contributed by atoms with van der Waals surface area (Å²) in [6.45, 7) is 5.82. The highest BCUT2D eigenvalue weighted by atomic mass is 16.5. The Kier molecular flexibility index (Phi) is 4.37. The van der Waals surface area contributed by atoms with Gasteiger partial charge in [-0.2, -0.15) is 5.10 Å². The molecule has 0 saturated carbocycles. The van der Waals surface area contributed by atoms with E-state index in [1.807, 2.05) is 42.2 Å². The molecule has 1 unspecified atom stereocenters. The number of benzene rings is 1. The molecular weight excluding hydrogens is 290 g/mol. The summed E-state index contributed by atoms with van der Waals surface area (Å²) in [5.41, 5.74) is 2.39. The van der Waals surface area contributed by atoms with Crippen LogP contribution in [0, 0.1) is 12.8 Å². The van der Waals surface area contributed by atoms with E-state index in [1.165, 1.54) is 6.42 Å². The van der Waals surface area contributed by atoms with Gasteiger partial charge in [-0.25, -0.2) is 4.68 Å². The highest BCUT2D eigenvalue weighted by Gasteiger charge is 2.24. The van der Waals surface area contributed by atoms with Gasteiger partial charge >= 0.3 is 0 Å². The number of nitrogens with zero attached hydrogens (tertiary/aromatic N) is 3. The Labute approximate surface area is 136 Å². The fourth-order valence-corrected chi connectivity index (χ4v) is 3.10. The monoisotopic (exact) mass is 313 g/mol. The summed E-state index contributed by atoms with van der Waals surface area (Å²) in [4.78, 5) is 14.6. The Bertz CT molecular complexity index is 691. The molecule has 0 bridgehead atoms. The number of methoxy groups -OCH3 is 1. The Balaban J connectivity index is 1.83. The second-order valence-corrected chi connectivity index (χ2v) is 6.28. The van der Waals surface area contributed by atoms with E-state index in [0.717, 1.165) is 36.6 Å². The maximum absolute atomic E-state index is 12.7. The minimum atomic E-state index is 0.0342. The topological polar surface area (TPSA) is 47.4 Å². The third-order valence-electron chi connectivity index (χ3n) is 4.37. The molecular formula is C18H23N3O2. The quantitative estimate of drug-likeness (QED) is 0.875. The fraction of sp³-hybridized carbons (Fsp3) is 0.444. The minimum absolute atomic E-state index is 0.0342. The number of carbonyl (C=O) groups excluding carboxylic acids is 1. The molecule has 1 aliphatic heterocycles. The highest BCUT2D eigenvalue weighted by Crippen LogP contribution is 2.20. The van der Waals surface area contributed by atoms with Gasteiger partial charge in [0.05, 0.1) is 12.8 Å². The summed E-state index contributed by atoms with van der Waals surface area (Å²) < 4.78 is 6.98. The van der Waals surface area contributed by atoms with Gasteiger partial charge < -0.3 is 9.64 Å². The van der Waals surface area contributed by atoms with Crippen molar-refractivity contribution in [1.29, 1.82) is 0 Å². The van der Waals surface area contributed by atoms with Crippen molar-refractivity contribution in [2.45, 2.75) is 26.7 Å². The molecule has 5 nitrogen and oxygen atoms in total. The van der Waals surface area contributed by atoms with E-state index in [9.17, 15) is 4.79 Å². The van der Waals surface area contributed by atoms with Crippen LogP contribution >= 0.6 is 0 Å². The van der Waals surface area contributed by atoms with E-state index in [1.54, 1.807) is 11.8 Å². The van der Waals surface area contributed by atoms with Crippen LogP contribution < -0.4 is 4.74 Å². The Morgan fingerprint density at radius 1 is 1.30 bits per heavy atom. The zero-order chi connectivity index (χ0) is 16.4. The van der Waals surface area contributed by atoms with Crippen LogP contribution in [0.5, 0.6) is 5.75 Å². The lowest BCUT2D eigenvalue weighted by Gasteiger charge is -2.30. The van der Waals surface area contributed by atoms with Gasteiger partial charge in [0.2, 0.25) is 0 Å². The Hall–Kier alpha value is -2.30. The van der Waals surface area contributed by atoms with Crippen LogP contribution in [0.3, 0.4) is 0 Å². The van der Waals surface area contributed by atoms with Crippen molar-refractivity contribution in [3.63, 3.8) is 0 Å². The lowest BCUT2D eigenvalue weighted by atomic mass is 10.00. The summed E-state index contributed by atoms with van der Waals surface area (Å²) in [6, 6.07) is 9.53. The number of amides is 1. The molecule has 0 N–H and O–H groups in total. The molecule has 1 amide bonds. The van der Waals surface area contributed by atoms with E-state index in [0.29, 0.717) is 11.6 Å². The molecule has 0 spiro atoms. The molecule has 1 aliphatic rings. The van der Waals surface area contributed by atoms with Gasteiger partial charge in [-0.3, -0.25) is 4.79 Å². The molecule has 2 heterocycles. The lowest BCUT2D eigenvalue weighted by Crippen LogP contribution is -2.39. The Morgan fingerprint density at radius 2 is 2.04 bits per heavy atom. The minimum Gasteiger partial charge on any atom is -0.497 e. The van der Waals surface area contributed by atoms with Crippen molar-refractivity contribution in [1.82, 2.24) is 14.7 Å². The maximum atomic E-state index is 12.7. The fourth-order valence-electron chi connectivity index (χ4n) is 3.10. The SMILES string of the molecule is COc1ccc(-n2nc(C(=O)N3CCCC(C)C3)cc2C)cc1. The molecule has 5 heteroatoms. The summed E-state index contributed by atoms with van der Waals surface area (Å²) in [5, 5.41) is 4.52. The largest absolute Gasteiger partial charge is 0.497 e. The molecule has 23 heavy (non-hydrogen) atoms. The predicted molar refractivity (Wildman–Crippen MR) is 89.2 cm³/mol. The number of hydrogen-bond donors (Lipinski definition) is 0. The zero-order valence-electron chi connectivity index (χ0n) is 14.0. The van der Waals surface area contributed by atoms with Gasteiger partial charge in [-0.1, -0.05) is 6.92 Å².